The van der Waals surface area contributed by atoms with E-state index in [2.05, 4.69) is 0 Å². The van der Waals surface area contributed by atoms with E-state index in [1.165, 1.54) is 27.7 Å². The molecule has 1 fully saturated rings. The Morgan fingerprint density at radius 3 is 1.77 bits per heavy atom. The number of hydrogen-bond donors (Lipinski definition) is 2. The van der Waals surface area contributed by atoms with E-state index in [4.69, 9.17) is 0 Å². The van der Waals surface area contributed by atoms with Crippen LogP contribution in [-0.2, 0) is 19.2 Å². The fourth-order valence-electron chi connectivity index (χ4n) is 3.18. The third kappa shape index (κ3) is 6.82. The highest BCUT2D eigenvalue weighted by Gasteiger charge is 2.47. The van der Waals surface area contributed by atoms with Gasteiger partial charge in [0, 0.05) is 6.54 Å². The summed E-state index contributed by atoms with van der Waals surface area (Å²) in [6.45, 7) is 5.34. The van der Waals surface area contributed by atoms with E-state index in [9.17, 15) is 45.5 Å². The zero-order valence-corrected chi connectivity index (χ0v) is 17.4. The second-order valence-electron chi connectivity index (χ2n) is 7.97. The van der Waals surface area contributed by atoms with E-state index in [-0.39, 0.29) is 19.4 Å². The van der Waals surface area contributed by atoms with Crippen molar-refractivity contribution in [3.63, 3.8) is 0 Å². The molecule has 3 atom stereocenters. The molecule has 7 nitrogen and oxygen atoms in total. The van der Waals surface area contributed by atoms with Crippen LogP contribution in [0.15, 0.2) is 0 Å². The van der Waals surface area contributed by atoms with Gasteiger partial charge in [0.15, 0.2) is 0 Å². The predicted octanol–water partition coefficient (Wildman–Crippen LogP) is 1.95. The molecule has 13 heteroatoms. The summed E-state index contributed by atoms with van der Waals surface area (Å²) in [5, 5.41) is 3.61. The fourth-order valence-corrected chi connectivity index (χ4v) is 3.18. The van der Waals surface area contributed by atoms with Crippen molar-refractivity contribution in [3.8, 4) is 0 Å². The van der Waals surface area contributed by atoms with E-state index < -0.39 is 65.8 Å². The molecule has 0 aromatic heterocycles. The first-order valence-electron chi connectivity index (χ1n) is 9.58. The minimum atomic E-state index is -5.22. The summed E-state index contributed by atoms with van der Waals surface area (Å²) < 4.78 is 76.2. The van der Waals surface area contributed by atoms with Gasteiger partial charge in [-0.2, -0.15) is 26.3 Å². The molecule has 0 spiro atoms. The molecule has 1 aliphatic heterocycles. The maximum atomic E-state index is 12.8. The molecule has 1 unspecified atom stereocenters. The van der Waals surface area contributed by atoms with Gasteiger partial charge in [-0.3, -0.25) is 19.2 Å². The predicted molar refractivity (Wildman–Crippen MR) is 95.4 cm³/mol. The molecule has 178 valence electrons. The topological polar surface area (TPSA) is 95.6 Å². The summed E-state index contributed by atoms with van der Waals surface area (Å²) in [5.74, 6) is -8.13. The van der Waals surface area contributed by atoms with Gasteiger partial charge in [0.2, 0.25) is 11.8 Å². The van der Waals surface area contributed by atoms with Crippen LogP contribution in [-0.4, -0.2) is 65.4 Å². The number of alkyl halides is 6. The molecule has 1 heterocycles. The molecule has 0 aromatic rings. The second-order valence-corrected chi connectivity index (χ2v) is 7.97. The van der Waals surface area contributed by atoms with E-state index in [0.29, 0.717) is 0 Å². The zero-order valence-electron chi connectivity index (χ0n) is 17.4. The van der Waals surface area contributed by atoms with Gasteiger partial charge < -0.3 is 15.5 Å². The van der Waals surface area contributed by atoms with Gasteiger partial charge in [0.1, 0.15) is 12.1 Å². The van der Waals surface area contributed by atoms with Crippen LogP contribution in [0.2, 0.25) is 0 Å². The quantitative estimate of drug-likeness (QED) is 0.567. The van der Waals surface area contributed by atoms with Crippen LogP contribution in [0, 0.1) is 11.8 Å². The highest BCUT2D eigenvalue weighted by molar-refractivity contribution is 5.96. The molecular weight excluding hydrogens is 436 g/mol. The number of hydrogen-bond acceptors (Lipinski definition) is 4. The average Bonchev–Trinajstić information content (AvgIpc) is 3.10. The van der Waals surface area contributed by atoms with E-state index in [0.717, 1.165) is 4.90 Å². The number of Topliss-reactive ketones (excluding diaryl/α,β-unsaturated/α-hetero) is 1. The van der Waals surface area contributed by atoms with Crippen LogP contribution in [0.5, 0.6) is 0 Å². The number of nitrogens with one attached hydrogen (secondary N) is 2. The van der Waals surface area contributed by atoms with Crippen LogP contribution >= 0.6 is 0 Å². The number of carbonyl (C=O) groups is 4. The van der Waals surface area contributed by atoms with Crippen LogP contribution < -0.4 is 10.6 Å². The lowest BCUT2D eigenvalue weighted by molar-refractivity contribution is -0.175. The van der Waals surface area contributed by atoms with Crippen LogP contribution in [0.25, 0.3) is 0 Å². The van der Waals surface area contributed by atoms with Crippen molar-refractivity contribution >= 4 is 23.5 Å². The molecule has 0 saturated carbocycles. The summed E-state index contributed by atoms with van der Waals surface area (Å²) in [7, 11) is 0. The molecular formula is C18H25F6N3O4. The molecule has 2 N–H and O–H groups in total. The molecule has 1 saturated heterocycles. The highest BCUT2D eigenvalue weighted by Crippen LogP contribution is 2.24. The van der Waals surface area contributed by atoms with Gasteiger partial charge in [-0.05, 0) is 24.7 Å². The van der Waals surface area contributed by atoms with E-state index in [1.54, 1.807) is 5.32 Å². The number of ketones is 1. The second kappa shape index (κ2) is 9.86. The molecule has 0 aromatic carbocycles. The Morgan fingerprint density at radius 1 is 0.839 bits per heavy atom. The SMILES string of the molecule is CC(C)C(NC(=O)[C@@H]1CCCN1C(=O)[C@@H](NC(=O)C(F)(F)F)C(C)C)C(=O)C(F)(F)F. The van der Waals surface area contributed by atoms with Gasteiger partial charge in [0.05, 0.1) is 6.04 Å². The standard InChI is InChI=1S/C18H25F6N3O4/c1-8(2)11(13(28)17(19,20)21)25-14(29)10-6-5-7-27(10)15(30)12(9(3)4)26-16(31)18(22,23)24/h8-12H,5-7H2,1-4H3,(H,25,29)(H,26,31)/t10-,11?,12-/m0/s1. The third-order valence-corrected chi connectivity index (χ3v) is 4.84. The Hall–Kier alpha value is -2.34. The van der Waals surface area contributed by atoms with E-state index >= 15 is 0 Å². The maximum absolute atomic E-state index is 12.8. The minimum absolute atomic E-state index is 0.0401. The largest absolute Gasteiger partial charge is 0.471 e. The number of amides is 3. The number of halogens is 6. The first-order chi connectivity index (χ1) is 14.0. The van der Waals surface area contributed by atoms with Gasteiger partial charge >= 0.3 is 18.3 Å². The van der Waals surface area contributed by atoms with Crippen LogP contribution in [0.1, 0.15) is 40.5 Å². The molecule has 31 heavy (non-hydrogen) atoms. The van der Waals surface area contributed by atoms with Gasteiger partial charge in [-0.15, -0.1) is 0 Å². The lowest BCUT2D eigenvalue weighted by Gasteiger charge is -2.32. The average molecular weight is 461 g/mol. The summed E-state index contributed by atoms with van der Waals surface area (Å²) in [6.07, 6.45) is -10.1. The van der Waals surface area contributed by atoms with Gasteiger partial charge in [0.25, 0.3) is 5.78 Å². The van der Waals surface area contributed by atoms with Crippen molar-refractivity contribution in [1.29, 1.82) is 0 Å². The molecule has 1 aliphatic rings. The number of likely N-dealkylation sites (tertiary alicyclic amines) is 1. The van der Waals surface area contributed by atoms with Crippen molar-refractivity contribution in [1.82, 2.24) is 15.5 Å². The molecule has 0 radical (unpaired) electrons. The monoisotopic (exact) mass is 461 g/mol. The Balaban J connectivity index is 3.03. The summed E-state index contributed by atoms with van der Waals surface area (Å²) in [5.41, 5.74) is 0. The van der Waals surface area contributed by atoms with Crippen LogP contribution in [0.3, 0.4) is 0 Å². The smallest absolute Gasteiger partial charge is 0.344 e. The zero-order chi connectivity index (χ0) is 24.3. The van der Waals surface area contributed by atoms with Crippen molar-refractivity contribution in [2.24, 2.45) is 11.8 Å². The Labute approximate surface area is 174 Å². The lowest BCUT2D eigenvalue weighted by Crippen LogP contribution is -2.59. The minimum Gasteiger partial charge on any atom is -0.344 e. The third-order valence-electron chi connectivity index (χ3n) is 4.84. The Morgan fingerprint density at radius 2 is 1.35 bits per heavy atom. The van der Waals surface area contributed by atoms with Crippen molar-refractivity contribution in [2.45, 2.75) is 71.0 Å². The number of nitrogens with zero attached hydrogens (tertiary/aromatic N) is 1. The first kappa shape index (κ1) is 26.7. The summed E-state index contributed by atoms with van der Waals surface area (Å²) in [6, 6.07) is -4.75. The summed E-state index contributed by atoms with van der Waals surface area (Å²) in [4.78, 5) is 49.2. The number of carbonyl (C=O) groups excluding carboxylic acids is 4. The normalized spacial score (nSPS) is 19.4. The van der Waals surface area contributed by atoms with Gasteiger partial charge in [-0.1, -0.05) is 27.7 Å². The van der Waals surface area contributed by atoms with Gasteiger partial charge in [-0.25, -0.2) is 0 Å². The maximum Gasteiger partial charge on any atom is 0.471 e. The van der Waals surface area contributed by atoms with Crippen molar-refractivity contribution in [3.05, 3.63) is 0 Å². The van der Waals surface area contributed by atoms with Crippen molar-refractivity contribution < 1.29 is 45.5 Å². The molecule has 0 aliphatic carbocycles. The fraction of sp³-hybridized carbons (Fsp3) is 0.778. The molecule has 3 amide bonds. The molecule has 0 bridgehead atoms. The van der Waals surface area contributed by atoms with Crippen LogP contribution in [0.4, 0.5) is 26.3 Å². The van der Waals surface area contributed by atoms with Crippen molar-refractivity contribution in [2.75, 3.05) is 6.54 Å². The van der Waals surface area contributed by atoms with E-state index in [1.807, 2.05) is 5.32 Å². The Bertz CT molecular complexity index is 705. The molecule has 1 rings (SSSR count). The summed E-state index contributed by atoms with van der Waals surface area (Å²) >= 11 is 0. The Kier molecular flexibility index (Phi) is 8.49. The highest BCUT2D eigenvalue weighted by atomic mass is 19.4. The number of rotatable bonds is 7. The first-order valence-corrected chi connectivity index (χ1v) is 9.58. The lowest BCUT2D eigenvalue weighted by atomic mass is 9.98.